The monoisotopic (exact) mass is 247 g/mol. The van der Waals surface area contributed by atoms with E-state index < -0.39 is 15.4 Å². The van der Waals surface area contributed by atoms with Crippen LogP contribution in [0.4, 0.5) is 0 Å². The van der Waals surface area contributed by atoms with Crippen molar-refractivity contribution >= 4 is 10.1 Å². The van der Waals surface area contributed by atoms with Gasteiger partial charge < -0.3 is 5.32 Å². The van der Waals surface area contributed by atoms with Crippen molar-refractivity contribution in [3.05, 3.63) is 11.1 Å². The van der Waals surface area contributed by atoms with Crippen LogP contribution in [0.3, 0.4) is 0 Å². The van der Waals surface area contributed by atoms with Gasteiger partial charge in [0, 0.05) is 0 Å². The Labute approximate surface area is 97.9 Å². The van der Waals surface area contributed by atoms with Crippen LogP contribution in [0.25, 0.3) is 0 Å². The van der Waals surface area contributed by atoms with Gasteiger partial charge in [-0.3, -0.25) is 4.55 Å². The predicted octanol–water partition coefficient (Wildman–Crippen LogP) is 1.60. The van der Waals surface area contributed by atoms with E-state index in [9.17, 15) is 13.0 Å². The van der Waals surface area contributed by atoms with Gasteiger partial charge in [-0.2, -0.15) is 8.42 Å². The van der Waals surface area contributed by atoms with Crippen LogP contribution in [0.2, 0.25) is 0 Å². The summed E-state index contributed by atoms with van der Waals surface area (Å²) >= 11 is 0. The smallest absolute Gasteiger partial charge is 0.268 e. The molecule has 16 heavy (non-hydrogen) atoms. The summed E-state index contributed by atoms with van der Waals surface area (Å²) in [6.07, 6.45) is 1.21. The average molecular weight is 247 g/mol. The highest BCUT2D eigenvalue weighted by molar-refractivity contribution is 7.86. The van der Waals surface area contributed by atoms with Crippen LogP contribution in [0.1, 0.15) is 33.6 Å². The lowest BCUT2D eigenvalue weighted by molar-refractivity contribution is 0.386. The molecule has 2 atom stereocenters. The van der Waals surface area contributed by atoms with Gasteiger partial charge in [0.1, 0.15) is 0 Å². The van der Waals surface area contributed by atoms with Gasteiger partial charge in [-0.15, -0.1) is 0 Å². The van der Waals surface area contributed by atoms with Crippen molar-refractivity contribution in [2.75, 3.05) is 13.1 Å². The second-order valence-corrected chi connectivity index (χ2v) is 6.23. The zero-order chi connectivity index (χ0) is 12.3. The van der Waals surface area contributed by atoms with E-state index in [2.05, 4.69) is 5.32 Å². The molecule has 0 aromatic heterocycles. The molecule has 0 aliphatic heterocycles. The molecule has 4 nitrogen and oxygen atoms in total. The fraction of sp³-hybridized carbons (Fsp3) is 0.818. The Morgan fingerprint density at radius 1 is 1.31 bits per heavy atom. The number of hydrogen-bond donors (Lipinski definition) is 2. The van der Waals surface area contributed by atoms with Gasteiger partial charge in [-0.05, 0) is 45.7 Å². The highest BCUT2D eigenvalue weighted by atomic mass is 32.2. The summed E-state index contributed by atoms with van der Waals surface area (Å²) < 4.78 is 31.9. The molecule has 0 aromatic rings. The molecule has 0 spiro atoms. The van der Waals surface area contributed by atoms with E-state index >= 15 is 0 Å². The number of allylic oxidation sites excluding steroid dienone is 2. The van der Waals surface area contributed by atoms with Gasteiger partial charge in [-0.1, -0.05) is 18.1 Å². The first kappa shape index (κ1) is 13.7. The van der Waals surface area contributed by atoms with Gasteiger partial charge in [-0.25, -0.2) is 0 Å². The van der Waals surface area contributed by atoms with Crippen LogP contribution < -0.4 is 5.32 Å². The van der Waals surface area contributed by atoms with Crippen molar-refractivity contribution in [3.8, 4) is 0 Å². The Balaban J connectivity index is 2.87. The van der Waals surface area contributed by atoms with E-state index in [4.69, 9.17) is 0 Å². The molecular formula is C11H21NO3S. The van der Waals surface area contributed by atoms with E-state index in [0.29, 0.717) is 13.0 Å². The van der Waals surface area contributed by atoms with Crippen molar-refractivity contribution in [3.63, 3.8) is 0 Å². The average Bonchev–Trinajstić information content (AvgIpc) is 2.17. The van der Waals surface area contributed by atoms with Gasteiger partial charge in [0.15, 0.2) is 0 Å². The highest BCUT2D eigenvalue weighted by Gasteiger charge is 2.35. The molecule has 2 N–H and O–H groups in total. The third kappa shape index (κ3) is 3.30. The van der Waals surface area contributed by atoms with Crippen molar-refractivity contribution in [2.24, 2.45) is 5.92 Å². The largest absolute Gasteiger partial charge is 0.317 e. The molecule has 2 unspecified atom stereocenters. The number of hydrogen-bond acceptors (Lipinski definition) is 3. The van der Waals surface area contributed by atoms with Crippen LogP contribution in [0.15, 0.2) is 11.1 Å². The summed E-state index contributed by atoms with van der Waals surface area (Å²) in [7, 11) is -3.94. The summed E-state index contributed by atoms with van der Waals surface area (Å²) in [5.74, 6) is -0.0151. The third-order valence-corrected chi connectivity index (χ3v) is 4.69. The maximum Gasteiger partial charge on any atom is 0.268 e. The lowest BCUT2D eigenvalue weighted by Gasteiger charge is -2.31. The standard InChI is InChI=1S/C11H21NO3S/c1-4-12-7-10-5-8(2)9(3)6-11(10)16(13,14)15/h10-12H,4-7H2,1-3H3,(H,13,14,15). The Morgan fingerprint density at radius 3 is 2.38 bits per heavy atom. The topological polar surface area (TPSA) is 66.4 Å². The summed E-state index contributed by atoms with van der Waals surface area (Å²) in [5, 5.41) is 2.51. The molecule has 1 aliphatic carbocycles. The van der Waals surface area contributed by atoms with E-state index in [1.807, 2.05) is 20.8 Å². The van der Waals surface area contributed by atoms with Gasteiger partial charge >= 0.3 is 0 Å². The van der Waals surface area contributed by atoms with Gasteiger partial charge in [0.05, 0.1) is 5.25 Å². The van der Waals surface area contributed by atoms with Crippen molar-refractivity contribution < 1.29 is 13.0 Å². The van der Waals surface area contributed by atoms with Crippen molar-refractivity contribution in [1.82, 2.24) is 5.32 Å². The lowest BCUT2D eigenvalue weighted by Crippen LogP contribution is -2.39. The Kier molecular flexibility index (Phi) is 4.52. The maximum absolute atomic E-state index is 11.3. The summed E-state index contributed by atoms with van der Waals surface area (Å²) in [6.45, 7) is 7.42. The molecule has 94 valence electrons. The van der Waals surface area contributed by atoms with Gasteiger partial charge in [0.25, 0.3) is 10.1 Å². The van der Waals surface area contributed by atoms with E-state index in [0.717, 1.165) is 18.5 Å². The lowest BCUT2D eigenvalue weighted by atomic mass is 9.84. The molecule has 0 saturated heterocycles. The minimum Gasteiger partial charge on any atom is -0.317 e. The molecule has 0 aromatic carbocycles. The first-order valence-electron chi connectivity index (χ1n) is 5.68. The van der Waals surface area contributed by atoms with Crippen molar-refractivity contribution in [2.45, 2.75) is 38.9 Å². The molecule has 0 bridgehead atoms. The fourth-order valence-corrected chi connectivity index (χ4v) is 3.36. The normalized spacial score (nSPS) is 27.2. The van der Waals surface area contributed by atoms with E-state index in [1.165, 1.54) is 5.57 Å². The molecule has 0 amide bonds. The highest BCUT2D eigenvalue weighted by Crippen LogP contribution is 2.32. The fourth-order valence-electron chi connectivity index (χ4n) is 2.22. The second kappa shape index (κ2) is 5.29. The minimum absolute atomic E-state index is 0.0151. The van der Waals surface area contributed by atoms with E-state index in [1.54, 1.807) is 0 Å². The van der Waals surface area contributed by atoms with Crippen molar-refractivity contribution in [1.29, 1.82) is 0 Å². The van der Waals surface area contributed by atoms with Crippen LogP contribution in [0, 0.1) is 5.92 Å². The van der Waals surface area contributed by atoms with E-state index in [-0.39, 0.29) is 5.92 Å². The Morgan fingerprint density at radius 2 is 1.88 bits per heavy atom. The van der Waals surface area contributed by atoms with Gasteiger partial charge in [0.2, 0.25) is 0 Å². The summed E-state index contributed by atoms with van der Waals surface area (Å²) in [5.41, 5.74) is 2.35. The van der Waals surface area contributed by atoms with Crippen LogP contribution in [-0.4, -0.2) is 31.3 Å². The molecule has 0 saturated carbocycles. The molecule has 1 rings (SSSR count). The molecular weight excluding hydrogens is 226 g/mol. The summed E-state index contributed by atoms with van der Waals surface area (Å²) in [4.78, 5) is 0. The Hall–Kier alpha value is -0.390. The van der Waals surface area contributed by atoms with Crippen LogP contribution in [0.5, 0.6) is 0 Å². The second-order valence-electron chi connectivity index (χ2n) is 4.59. The zero-order valence-electron chi connectivity index (χ0n) is 10.2. The molecule has 5 heteroatoms. The zero-order valence-corrected chi connectivity index (χ0v) is 11.0. The SMILES string of the molecule is CCNCC1CC(C)=C(C)CC1S(=O)(=O)O. The Bertz CT molecular complexity index is 373. The molecule has 0 heterocycles. The molecule has 1 aliphatic rings. The molecule has 0 fully saturated rings. The van der Waals surface area contributed by atoms with Crippen LogP contribution >= 0.6 is 0 Å². The maximum atomic E-state index is 11.3. The number of rotatable bonds is 4. The molecule has 0 radical (unpaired) electrons. The minimum atomic E-state index is -3.94. The first-order valence-corrected chi connectivity index (χ1v) is 7.18. The number of nitrogens with one attached hydrogen (secondary N) is 1. The van der Waals surface area contributed by atoms with Crippen LogP contribution in [-0.2, 0) is 10.1 Å². The first-order chi connectivity index (χ1) is 7.36. The quantitative estimate of drug-likeness (QED) is 0.585. The predicted molar refractivity (Wildman–Crippen MR) is 65.0 cm³/mol. The third-order valence-electron chi connectivity index (χ3n) is 3.37. The summed E-state index contributed by atoms with van der Waals surface area (Å²) in [6, 6.07) is 0.